The van der Waals surface area contributed by atoms with Crippen LogP contribution in [0.25, 0.3) is 10.8 Å². The Bertz CT molecular complexity index is 754. The predicted octanol–water partition coefficient (Wildman–Crippen LogP) is 1.23. The lowest BCUT2D eigenvalue weighted by molar-refractivity contribution is -0.384. The average molecular weight is 267 g/mol. The van der Waals surface area contributed by atoms with Crippen LogP contribution in [0.3, 0.4) is 0 Å². The number of hydrogen-bond acceptors (Lipinski definition) is 6. The molecular weight excluding hydrogens is 260 g/mol. The van der Waals surface area contributed by atoms with Crippen LogP contribution in [0.5, 0.6) is 0 Å². The van der Waals surface area contributed by atoms with E-state index >= 15 is 0 Å². The summed E-state index contributed by atoms with van der Waals surface area (Å²) in [5.41, 5.74) is 5.31. The van der Waals surface area contributed by atoms with E-state index in [4.69, 9.17) is 5.73 Å². The van der Waals surface area contributed by atoms with E-state index < -0.39 is 25.6 Å². The van der Waals surface area contributed by atoms with Crippen LogP contribution in [0.15, 0.2) is 35.2 Å². The lowest BCUT2D eigenvalue weighted by Crippen LogP contribution is -2.01. The van der Waals surface area contributed by atoms with Gasteiger partial charge in [-0.05, 0) is 17.5 Å². The van der Waals surface area contributed by atoms with Crippen LogP contribution in [0.4, 0.5) is 11.4 Å². The van der Waals surface area contributed by atoms with Crippen molar-refractivity contribution in [1.29, 1.82) is 0 Å². The second-order valence-electron chi connectivity index (χ2n) is 3.64. The summed E-state index contributed by atoms with van der Waals surface area (Å²) in [6, 6.07) is 6.11. The predicted molar refractivity (Wildman–Crippen MR) is 63.0 cm³/mol. The van der Waals surface area contributed by atoms with Crippen LogP contribution in [0.1, 0.15) is 0 Å². The first-order chi connectivity index (χ1) is 8.29. The molecular formula is C10H7N2O5S-. The topological polar surface area (TPSA) is 126 Å². The molecule has 0 saturated carbocycles. The maximum Gasteiger partial charge on any atom is 0.271 e. The standard InChI is InChI=1S/C10H8N2O5S/c11-7-2-1-6-3-8(12(13)14)5-10(9(6)4-7)18(15,16)17/h1-5H,11H2,(H,15,16,17)/p-1. The minimum Gasteiger partial charge on any atom is -0.744 e. The third-order valence-corrected chi connectivity index (χ3v) is 3.28. The normalized spacial score (nSPS) is 11.6. The molecule has 8 heteroatoms. The molecule has 2 aromatic carbocycles. The van der Waals surface area contributed by atoms with E-state index in [1.165, 1.54) is 24.3 Å². The molecule has 0 aliphatic rings. The number of anilines is 1. The van der Waals surface area contributed by atoms with Crippen LogP contribution in [-0.4, -0.2) is 17.9 Å². The summed E-state index contributed by atoms with van der Waals surface area (Å²) in [7, 11) is -4.81. The molecule has 2 N–H and O–H groups in total. The monoisotopic (exact) mass is 267 g/mol. The maximum atomic E-state index is 11.1. The van der Waals surface area contributed by atoms with Gasteiger partial charge in [0.2, 0.25) is 0 Å². The van der Waals surface area contributed by atoms with Crippen LogP contribution >= 0.6 is 0 Å². The average Bonchev–Trinajstić information content (AvgIpc) is 2.26. The van der Waals surface area contributed by atoms with E-state index in [2.05, 4.69) is 0 Å². The first-order valence-electron chi connectivity index (χ1n) is 4.72. The van der Waals surface area contributed by atoms with E-state index in [0.29, 0.717) is 0 Å². The van der Waals surface area contributed by atoms with Gasteiger partial charge in [-0.2, -0.15) is 0 Å². The van der Waals surface area contributed by atoms with Gasteiger partial charge in [-0.25, -0.2) is 8.42 Å². The van der Waals surface area contributed by atoms with Gasteiger partial charge < -0.3 is 10.3 Å². The lowest BCUT2D eigenvalue weighted by atomic mass is 10.1. The van der Waals surface area contributed by atoms with Crippen LogP contribution < -0.4 is 5.73 Å². The fourth-order valence-corrected chi connectivity index (χ4v) is 2.35. The smallest absolute Gasteiger partial charge is 0.271 e. The van der Waals surface area contributed by atoms with Gasteiger partial charge in [-0.3, -0.25) is 10.1 Å². The number of non-ortho nitro benzene ring substituents is 1. The van der Waals surface area contributed by atoms with E-state index in [0.717, 1.165) is 6.07 Å². The highest BCUT2D eigenvalue weighted by molar-refractivity contribution is 7.86. The zero-order valence-corrected chi connectivity index (χ0v) is 9.68. The quantitative estimate of drug-likeness (QED) is 0.377. The molecule has 0 aliphatic heterocycles. The molecule has 0 atom stereocenters. The largest absolute Gasteiger partial charge is 0.744 e. The fraction of sp³-hybridized carbons (Fsp3) is 0. The summed E-state index contributed by atoms with van der Waals surface area (Å²) >= 11 is 0. The summed E-state index contributed by atoms with van der Waals surface area (Å²) in [6.45, 7) is 0. The summed E-state index contributed by atoms with van der Waals surface area (Å²) in [6.07, 6.45) is 0. The summed E-state index contributed by atoms with van der Waals surface area (Å²) in [5, 5.41) is 11.0. The molecule has 0 bridgehead atoms. The van der Waals surface area contributed by atoms with Gasteiger partial charge in [0, 0.05) is 23.2 Å². The van der Waals surface area contributed by atoms with Crippen molar-refractivity contribution >= 4 is 32.3 Å². The second-order valence-corrected chi connectivity index (χ2v) is 4.98. The first-order valence-corrected chi connectivity index (χ1v) is 6.13. The molecule has 0 fully saturated rings. The third kappa shape index (κ3) is 2.11. The molecule has 0 heterocycles. The number of nitrogens with two attached hydrogens (primary N) is 1. The Hall–Kier alpha value is -2.19. The Morgan fingerprint density at radius 2 is 1.83 bits per heavy atom. The fourth-order valence-electron chi connectivity index (χ4n) is 1.64. The van der Waals surface area contributed by atoms with Crippen molar-refractivity contribution in [3.63, 3.8) is 0 Å². The molecule has 0 unspecified atom stereocenters. The van der Waals surface area contributed by atoms with Gasteiger partial charge in [-0.15, -0.1) is 0 Å². The molecule has 2 aromatic rings. The number of fused-ring (bicyclic) bond motifs is 1. The Balaban J connectivity index is 2.95. The Morgan fingerprint density at radius 1 is 1.17 bits per heavy atom. The number of benzene rings is 2. The molecule has 2 rings (SSSR count). The number of rotatable bonds is 2. The van der Waals surface area contributed by atoms with E-state index in [9.17, 15) is 23.1 Å². The van der Waals surface area contributed by atoms with Gasteiger partial charge in [0.25, 0.3) is 5.69 Å². The highest BCUT2D eigenvalue weighted by atomic mass is 32.2. The first kappa shape index (κ1) is 12.3. The van der Waals surface area contributed by atoms with Gasteiger partial charge in [-0.1, -0.05) is 6.07 Å². The van der Waals surface area contributed by atoms with Gasteiger partial charge in [0.15, 0.2) is 0 Å². The maximum absolute atomic E-state index is 11.1. The molecule has 0 aromatic heterocycles. The van der Waals surface area contributed by atoms with Gasteiger partial charge in [0.05, 0.1) is 9.82 Å². The zero-order valence-electron chi connectivity index (χ0n) is 8.86. The Kier molecular flexibility index (Phi) is 2.68. The molecule has 0 amide bonds. The van der Waals surface area contributed by atoms with Crippen molar-refractivity contribution in [2.24, 2.45) is 0 Å². The van der Waals surface area contributed by atoms with E-state index in [1.807, 2.05) is 0 Å². The van der Waals surface area contributed by atoms with Crippen LogP contribution in [-0.2, 0) is 10.1 Å². The van der Waals surface area contributed by atoms with Crippen LogP contribution in [0, 0.1) is 10.1 Å². The van der Waals surface area contributed by atoms with Crippen molar-refractivity contribution in [2.75, 3.05) is 5.73 Å². The van der Waals surface area contributed by atoms with E-state index in [1.54, 1.807) is 0 Å². The molecule has 7 nitrogen and oxygen atoms in total. The summed E-state index contributed by atoms with van der Waals surface area (Å²) < 4.78 is 33.3. The highest BCUT2D eigenvalue weighted by Crippen LogP contribution is 2.29. The molecule has 0 saturated heterocycles. The zero-order chi connectivity index (χ0) is 13.5. The molecule has 18 heavy (non-hydrogen) atoms. The van der Waals surface area contributed by atoms with Crippen molar-refractivity contribution < 1.29 is 17.9 Å². The van der Waals surface area contributed by atoms with Crippen molar-refractivity contribution in [3.8, 4) is 0 Å². The minimum absolute atomic E-state index is 0.0793. The number of nitro groups is 1. The number of nitrogens with zero attached hydrogens (tertiary/aromatic N) is 1. The number of nitrogen functional groups attached to an aromatic ring is 1. The van der Waals surface area contributed by atoms with Gasteiger partial charge >= 0.3 is 0 Å². The van der Waals surface area contributed by atoms with Crippen molar-refractivity contribution in [3.05, 3.63) is 40.4 Å². The third-order valence-electron chi connectivity index (χ3n) is 2.41. The SMILES string of the molecule is Nc1ccc2cc([N+](=O)[O-])cc(S(=O)(=O)[O-])c2c1. The highest BCUT2D eigenvalue weighted by Gasteiger charge is 2.15. The molecule has 0 radical (unpaired) electrons. The molecule has 0 spiro atoms. The number of nitro benzene ring substituents is 1. The van der Waals surface area contributed by atoms with E-state index in [-0.39, 0.29) is 16.5 Å². The Morgan fingerprint density at radius 3 is 2.39 bits per heavy atom. The number of hydrogen-bond donors (Lipinski definition) is 1. The van der Waals surface area contributed by atoms with Crippen molar-refractivity contribution in [2.45, 2.75) is 4.90 Å². The minimum atomic E-state index is -4.81. The van der Waals surface area contributed by atoms with Crippen LogP contribution in [0.2, 0.25) is 0 Å². The molecule has 0 aliphatic carbocycles. The summed E-state index contributed by atoms with van der Waals surface area (Å²) in [5.74, 6) is 0. The second kappa shape index (κ2) is 3.93. The summed E-state index contributed by atoms with van der Waals surface area (Å²) in [4.78, 5) is 9.28. The van der Waals surface area contributed by atoms with Crippen molar-refractivity contribution in [1.82, 2.24) is 0 Å². The van der Waals surface area contributed by atoms with Gasteiger partial charge in [0.1, 0.15) is 10.1 Å². The molecule has 94 valence electrons. The Labute approximate surface area is 102 Å². The lowest BCUT2D eigenvalue weighted by Gasteiger charge is -2.11.